The Labute approximate surface area is 142 Å². The number of rotatable bonds is 4. The van der Waals surface area contributed by atoms with Crippen molar-refractivity contribution in [3.8, 4) is 0 Å². The lowest BCUT2D eigenvalue weighted by Crippen LogP contribution is -2.26. The molecular weight excluding hydrogens is 302 g/mol. The molecule has 1 heterocycles. The first kappa shape index (κ1) is 16.9. The first-order chi connectivity index (χ1) is 11.5. The summed E-state index contributed by atoms with van der Waals surface area (Å²) < 4.78 is 5.40. The molecule has 1 aliphatic carbocycles. The summed E-state index contributed by atoms with van der Waals surface area (Å²) in [7, 11) is 1.74. The lowest BCUT2D eigenvalue weighted by atomic mass is 9.81. The van der Waals surface area contributed by atoms with Gasteiger partial charge >= 0.3 is 0 Å². The Balaban J connectivity index is 1.94. The van der Waals surface area contributed by atoms with Crippen molar-refractivity contribution in [2.75, 3.05) is 7.11 Å². The molecule has 4 nitrogen and oxygen atoms in total. The fraction of sp³-hybridized carbons (Fsp3) is 0.500. The molecule has 1 saturated carbocycles. The van der Waals surface area contributed by atoms with Crippen LogP contribution in [-0.4, -0.2) is 24.0 Å². The summed E-state index contributed by atoms with van der Waals surface area (Å²) in [6, 6.07) is 5.78. The monoisotopic (exact) mass is 327 g/mol. The lowest BCUT2D eigenvalue weighted by Gasteiger charge is -2.27. The molecule has 24 heavy (non-hydrogen) atoms. The van der Waals surface area contributed by atoms with E-state index >= 15 is 0 Å². The van der Waals surface area contributed by atoms with Crippen molar-refractivity contribution >= 4 is 16.7 Å². The van der Waals surface area contributed by atoms with Crippen LogP contribution in [0.1, 0.15) is 54.1 Å². The molecule has 128 valence electrons. The zero-order valence-electron chi connectivity index (χ0n) is 14.6. The number of aromatic amines is 1. The van der Waals surface area contributed by atoms with Crippen molar-refractivity contribution in [3.63, 3.8) is 0 Å². The Morgan fingerprint density at radius 1 is 1.21 bits per heavy atom. The fourth-order valence-electron chi connectivity index (χ4n) is 3.72. The molecule has 1 aliphatic rings. The molecule has 0 unspecified atom stereocenters. The smallest absolute Gasteiger partial charge is 0.251 e. The molecule has 0 atom stereocenters. The summed E-state index contributed by atoms with van der Waals surface area (Å²) >= 11 is 0. The van der Waals surface area contributed by atoms with Crippen molar-refractivity contribution < 1.29 is 9.53 Å². The van der Waals surface area contributed by atoms with Crippen molar-refractivity contribution in [1.82, 2.24) is 4.98 Å². The van der Waals surface area contributed by atoms with Gasteiger partial charge in [0.05, 0.1) is 6.10 Å². The Morgan fingerprint density at radius 3 is 2.54 bits per heavy atom. The third kappa shape index (κ3) is 3.16. The second-order valence-corrected chi connectivity index (χ2v) is 6.81. The molecule has 0 amide bonds. The highest BCUT2D eigenvalue weighted by Crippen LogP contribution is 2.30. The number of H-pyrrole nitrogens is 1. The van der Waals surface area contributed by atoms with Gasteiger partial charge in [-0.3, -0.25) is 9.59 Å². The molecule has 4 heteroatoms. The van der Waals surface area contributed by atoms with Crippen LogP contribution in [0.15, 0.2) is 23.0 Å². The van der Waals surface area contributed by atoms with E-state index in [1.54, 1.807) is 7.11 Å². The number of Topliss-reactive ketones (excluding diaryl/α,β-unsaturated/α-hetero) is 1. The van der Waals surface area contributed by atoms with Crippen LogP contribution < -0.4 is 5.56 Å². The van der Waals surface area contributed by atoms with Crippen LogP contribution in [0.4, 0.5) is 0 Å². The standard InChI is InChI=1S/C20H25NO3/c1-4-13-10-15-11-17(12(2)9-18(15)21-20(13)23)19(22)14-5-7-16(24-3)8-6-14/h9-11,14,16H,4-8H2,1-3H3,(H,21,23). The summed E-state index contributed by atoms with van der Waals surface area (Å²) in [6.07, 6.45) is 4.66. The van der Waals surface area contributed by atoms with Gasteiger partial charge in [0.25, 0.3) is 5.56 Å². The highest BCUT2D eigenvalue weighted by molar-refractivity contribution is 6.02. The lowest BCUT2D eigenvalue weighted by molar-refractivity contribution is 0.0519. The number of aromatic nitrogens is 1. The third-order valence-electron chi connectivity index (χ3n) is 5.29. The van der Waals surface area contributed by atoms with Gasteiger partial charge in [-0.05, 0) is 68.2 Å². The van der Waals surface area contributed by atoms with Gasteiger partial charge < -0.3 is 9.72 Å². The number of hydrogen-bond acceptors (Lipinski definition) is 3. The minimum Gasteiger partial charge on any atom is -0.381 e. The number of pyridine rings is 1. The van der Waals surface area contributed by atoms with E-state index in [1.807, 2.05) is 32.0 Å². The number of carbonyl (C=O) groups excluding carboxylic acids is 1. The number of ether oxygens (including phenoxy) is 1. The quantitative estimate of drug-likeness (QED) is 0.869. The van der Waals surface area contributed by atoms with Crippen molar-refractivity contribution in [2.24, 2.45) is 5.92 Å². The maximum Gasteiger partial charge on any atom is 0.251 e. The van der Waals surface area contributed by atoms with E-state index in [1.165, 1.54) is 0 Å². The average Bonchev–Trinajstić information content (AvgIpc) is 2.60. The van der Waals surface area contributed by atoms with E-state index in [9.17, 15) is 9.59 Å². The van der Waals surface area contributed by atoms with Crippen LogP contribution in [0.5, 0.6) is 0 Å². The van der Waals surface area contributed by atoms with Gasteiger partial charge in [0.15, 0.2) is 5.78 Å². The Hall–Kier alpha value is -1.94. The molecule has 0 bridgehead atoms. The predicted molar refractivity (Wildman–Crippen MR) is 95.8 cm³/mol. The molecule has 0 aliphatic heterocycles. The van der Waals surface area contributed by atoms with Crippen LogP contribution in [0.25, 0.3) is 10.9 Å². The Bertz CT molecular complexity index is 813. The topological polar surface area (TPSA) is 59.2 Å². The minimum atomic E-state index is -0.0404. The highest BCUT2D eigenvalue weighted by atomic mass is 16.5. The maximum absolute atomic E-state index is 13.0. The summed E-state index contributed by atoms with van der Waals surface area (Å²) in [5.41, 5.74) is 3.24. The fourth-order valence-corrected chi connectivity index (χ4v) is 3.72. The second kappa shape index (κ2) is 6.89. The second-order valence-electron chi connectivity index (χ2n) is 6.81. The Morgan fingerprint density at radius 2 is 1.92 bits per heavy atom. The van der Waals surface area contributed by atoms with Crippen LogP contribution in [0, 0.1) is 12.8 Å². The third-order valence-corrected chi connectivity index (χ3v) is 5.29. The highest BCUT2D eigenvalue weighted by Gasteiger charge is 2.27. The van der Waals surface area contributed by atoms with Gasteiger partial charge in [-0.25, -0.2) is 0 Å². The van der Waals surface area contributed by atoms with E-state index in [4.69, 9.17) is 4.74 Å². The Kier molecular flexibility index (Phi) is 4.86. The number of aryl methyl sites for hydroxylation is 2. The van der Waals surface area contributed by atoms with E-state index < -0.39 is 0 Å². The van der Waals surface area contributed by atoms with E-state index in [0.717, 1.165) is 53.3 Å². The summed E-state index contributed by atoms with van der Waals surface area (Å²) in [5.74, 6) is 0.314. The summed E-state index contributed by atoms with van der Waals surface area (Å²) in [4.78, 5) is 27.9. The van der Waals surface area contributed by atoms with Crippen LogP contribution in [0.3, 0.4) is 0 Å². The molecule has 0 spiro atoms. The maximum atomic E-state index is 13.0. The summed E-state index contributed by atoms with van der Waals surface area (Å²) in [5, 5.41) is 0.936. The molecule has 0 radical (unpaired) electrons. The number of benzene rings is 1. The molecule has 2 aromatic rings. The van der Waals surface area contributed by atoms with Gasteiger partial charge in [-0.15, -0.1) is 0 Å². The first-order valence-corrected chi connectivity index (χ1v) is 8.77. The van der Waals surface area contributed by atoms with Crippen molar-refractivity contribution in [1.29, 1.82) is 0 Å². The van der Waals surface area contributed by atoms with Crippen LogP contribution in [0.2, 0.25) is 0 Å². The SMILES string of the molecule is CCc1cc2cc(C(=O)C3CCC(OC)CC3)c(C)cc2[nH]c1=O. The molecule has 1 aromatic carbocycles. The van der Waals surface area contributed by atoms with Crippen molar-refractivity contribution in [2.45, 2.75) is 52.1 Å². The van der Waals surface area contributed by atoms with Crippen molar-refractivity contribution in [3.05, 3.63) is 45.2 Å². The molecule has 0 saturated heterocycles. The van der Waals surface area contributed by atoms with Crippen LogP contribution >= 0.6 is 0 Å². The largest absolute Gasteiger partial charge is 0.381 e. The number of methoxy groups -OCH3 is 1. The number of carbonyl (C=O) groups is 1. The van der Waals surface area contributed by atoms with E-state index in [0.29, 0.717) is 12.5 Å². The molecule has 3 rings (SSSR count). The first-order valence-electron chi connectivity index (χ1n) is 8.77. The minimum absolute atomic E-state index is 0.0404. The van der Waals surface area contributed by atoms with Gasteiger partial charge in [0, 0.05) is 29.7 Å². The molecular formula is C20H25NO3. The van der Waals surface area contributed by atoms with Gasteiger partial charge in [-0.1, -0.05) is 6.92 Å². The number of hydrogen-bond donors (Lipinski definition) is 1. The van der Waals surface area contributed by atoms with Gasteiger partial charge in [0.1, 0.15) is 0 Å². The predicted octanol–water partition coefficient (Wildman–Crippen LogP) is 3.79. The summed E-state index contributed by atoms with van der Waals surface area (Å²) in [6.45, 7) is 3.91. The van der Waals surface area contributed by atoms with E-state index in [2.05, 4.69) is 4.98 Å². The zero-order valence-corrected chi connectivity index (χ0v) is 14.6. The average molecular weight is 327 g/mol. The number of nitrogens with one attached hydrogen (secondary N) is 1. The number of fused-ring (bicyclic) bond motifs is 1. The molecule has 1 aromatic heterocycles. The molecule has 1 N–H and O–H groups in total. The number of ketones is 1. The van der Waals surface area contributed by atoms with Gasteiger partial charge in [-0.2, -0.15) is 0 Å². The molecule has 1 fully saturated rings. The zero-order chi connectivity index (χ0) is 17.3. The van der Waals surface area contributed by atoms with Gasteiger partial charge in [0.2, 0.25) is 0 Å². The van der Waals surface area contributed by atoms with Crippen LogP contribution in [-0.2, 0) is 11.2 Å². The normalized spacial score (nSPS) is 21.1. The van der Waals surface area contributed by atoms with E-state index in [-0.39, 0.29) is 17.3 Å².